The van der Waals surface area contributed by atoms with E-state index in [0.29, 0.717) is 29.6 Å². The van der Waals surface area contributed by atoms with Crippen molar-refractivity contribution in [2.24, 2.45) is 0 Å². The van der Waals surface area contributed by atoms with E-state index < -0.39 is 0 Å². The molecule has 7 nitrogen and oxygen atoms in total. The van der Waals surface area contributed by atoms with Crippen molar-refractivity contribution in [3.8, 4) is 11.3 Å². The summed E-state index contributed by atoms with van der Waals surface area (Å²) < 4.78 is 0. The first-order chi connectivity index (χ1) is 13.5. The van der Waals surface area contributed by atoms with Crippen LogP contribution in [-0.2, 0) is 0 Å². The SMILES string of the molecule is CN(C)CCNc1nc(NC(=O)c2cccc(N)c2)cc(-c2ccccc2)n1. The summed E-state index contributed by atoms with van der Waals surface area (Å²) in [5, 5.41) is 6.05. The van der Waals surface area contributed by atoms with Crippen LogP contribution in [0.2, 0.25) is 0 Å². The number of nitrogens with one attached hydrogen (secondary N) is 2. The van der Waals surface area contributed by atoms with Gasteiger partial charge in [-0.1, -0.05) is 36.4 Å². The number of amides is 1. The Balaban J connectivity index is 1.87. The van der Waals surface area contributed by atoms with Crippen molar-refractivity contribution in [3.63, 3.8) is 0 Å². The van der Waals surface area contributed by atoms with Crippen LogP contribution in [0.1, 0.15) is 10.4 Å². The van der Waals surface area contributed by atoms with Crippen LogP contribution in [0, 0.1) is 0 Å². The quantitative estimate of drug-likeness (QED) is 0.549. The first-order valence-corrected chi connectivity index (χ1v) is 9.01. The summed E-state index contributed by atoms with van der Waals surface area (Å²) in [5.41, 5.74) is 8.45. The minimum absolute atomic E-state index is 0.274. The van der Waals surface area contributed by atoms with Crippen LogP contribution in [0.3, 0.4) is 0 Å². The first-order valence-electron chi connectivity index (χ1n) is 9.01. The van der Waals surface area contributed by atoms with Crippen molar-refractivity contribution < 1.29 is 4.79 Å². The fourth-order valence-corrected chi connectivity index (χ4v) is 2.61. The van der Waals surface area contributed by atoms with Gasteiger partial charge in [-0.3, -0.25) is 4.79 Å². The maximum Gasteiger partial charge on any atom is 0.256 e. The van der Waals surface area contributed by atoms with Crippen LogP contribution in [0.5, 0.6) is 0 Å². The number of nitrogens with two attached hydrogens (primary N) is 1. The highest BCUT2D eigenvalue weighted by Crippen LogP contribution is 2.22. The number of benzene rings is 2. The Morgan fingerprint density at radius 3 is 2.54 bits per heavy atom. The summed E-state index contributed by atoms with van der Waals surface area (Å²) in [5.74, 6) is 0.615. The number of hydrogen-bond donors (Lipinski definition) is 3. The zero-order valence-corrected chi connectivity index (χ0v) is 16.0. The minimum atomic E-state index is -0.274. The van der Waals surface area contributed by atoms with E-state index >= 15 is 0 Å². The van der Waals surface area contributed by atoms with Gasteiger partial charge < -0.3 is 21.3 Å². The molecule has 3 rings (SSSR count). The molecule has 0 bridgehead atoms. The van der Waals surface area contributed by atoms with Crippen LogP contribution >= 0.6 is 0 Å². The molecule has 0 radical (unpaired) electrons. The van der Waals surface area contributed by atoms with Crippen LogP contribution < -0.4 is 16.4 Å². The Bertz CT molecular complexity index is 943. The molecular weight excluding hydrogens is 352 g/mol. The third kappa shape index (κ3) is 5.28. The number of nitrogen functional groups attached to an aromatic ring is 1. The highest BCUT2D eigenvalue weighted by Gasteiger charge is 2.11. The normalized spacial score (nSPS) is 10.7. The van der Waals surface area contributed by atoms with Crippen molar-refractivity contribution >= 4 is 23.4 Å². The average Bonchev–Trinajstić information content (AvgIpc) is 2.68. The maximum absolute atomic E-state index is 12.6. The lowest BCUT2D eigenvalue weighted by Crippen LogP contribution is -2.22. The summed E-state index contributed by atoms with van der Waals surface area (Å²) >= 11 is 0. The molecule has 7 heteroatoms. The topological polar surface area (TPSA) is 96.2 Å². The predicted octanol–water partition coefficient (Wildman–Crippen LogP) is 2.95. The molecule has 0 aliphatic heterocycles. The third-order valence-electron chi connectivity index (χ3n) is 4.03. The van der Waals surface area contributed by atoms with Crippen LogP contribution in [0.25, 0.3) is 11.3 Å². The Morgan fingerprint density at radius 1 is 1.04 bits per heavy atom. The Hall–Kier alpha value is -3.45. The molecule has 0 saturated heterocycles. The van der Waals surface area contributed by atoms with Crippen LogP contribution in [-0.4, -0.2) is 48.0 Å². The van der Waals surface area contributed by atoms with E-state index in [1.807, 2.05) is 44.4 Å². The molecule has 144 valence electrons. The number of rotatable bonds is 7. The van der Waals surface area contributed by atoms with E-state index in [4.69, 9.17) is 5.73 Å². The molecule has 28 heavy (non-hydrogen) atoms. The first kappa shape index (κ1) is 19.3. The lowest BCUT2D eigenvalue weighted by Gasteiger charge is -2.13. The van der Waals surface area contributed by atoms with Gasteiger partial charge in [-0.05, 0) is 32.3 Å². The van der Waals surface area contributed by atoms with Gasteiger partial charge in [0.1, 0.15) is 5.82 Å². The molecule has 0 aliphatic rings. The molecule has 0 atom stereocenters. The largest absolute Gasteiger partial charge is 0.399 e. The Labute approximate surface area is 164 Å². The van der Waals surface area contributed by atoms with Gasteiger partial charge in [0.2, 0.25) is 5.95 Å². The number of likely N-dealkylation sites (N-methyl/N-ethyl adjacent to an activating group) is 1. The maximum atomic E-state index is 12.6. The molecule has 0 spiro atoms. The lowest BCUT2D eigenvalue weighted by atomic mass is 10.1. The van der Waals surface area contributed by atoms with E-state index in [-0.39, 0.29) is 5.91 Å². The monoisotopic (exact) mass is 376 g/mol. The molecule has 4 N–H and O–H groups in total. The van der Waals surface area contributed by atoms with Crippen molar-refractivity contribution in [1.82, 2.24) is 14.9 Å². The van der Waals surface area contributed by atoms with Gasteiger partial charge in [0.05, 0.1) is 5.69 Å². The third-order valence-corrected chi connectivity index (χ3v) is 4.03. The lowest BCUT2D eigenvalue weighted by molar-refractivity contribution is 0.102. The molecule has 1 amide bonds. The molecule has 2 aromatic carbocycles. The summed E-state index contributed by atoms with van der Waals surface area (Å²) in [7, 11) is 4.00. The van der Waals surface area contributed by atoms with E-state index in [9.17, 15) is 4.79 Å². The van der Waals surface area contributed by atoms with Gasteiger partial charge in [-0.2, -0.15) is 4.98 Å². The van der Waals surface area contributed by atoms with Crippen LogP contribution in [0.4, 0.5) is 17.5 Å². The second-order valence-electron chi connectivity index (χ2n) is 6.64. The fourth-order valence-electron chi connectivity index (χ4n) is 2.61. The highest BCUT2D eigenvalue weighted by molar-refractivity contribution is 6.04. The van der Waals surface area contributed by atoms with E-state index in [0.717, 1.165) is 17.8 Å². The molecular formula is C21H24N6O. The van der Waals surface area contributed by atoms with Crippen LogP contribution in [0.15, 0.2) is 60.7 Å². The molecule has 0 saturated carbocycles. The molecule has 3 aromatic rings. The fraction of sp³-hybridized carbons (Fsp3) is 0.190. The predicted molar refractivity (Wildman–Crippen MR) is 113 cm³/mol. The van der Waals surface area contributed by atoms with Crippen molar-refractivity contribution in [3.05, 3.63) is 66.2 Å². The zero-order valence-electron chi connectivity index (χ0n) is 16.0. The summed E-state index contributed by atoms with van der Waals surface area (Å²) in [6.07, 6.45) is 0. The van der Waals surface area contributed by atoms with E-state index in [1.54, 1.807) is 30.3 Å². The summed E-state index contributed by atoms with van der Waals surface area (Å²) in [4.78, 5) is 23.7. The van der Waals surface area contributed by atoms with Gasteiger partial charge in [0, 0.05) is 36.0 Å². The molecule has 0 fully saturated rings. The number of carbonyl (C=O) groups excluding carboxylic acids is 1. The van der Waals surface area contributed by atoms with Gasteiger partial charge in [-0.15, -0.1) is 0 Å². The number of aromatic nitrogens is 2. The zero-order chi connectivity index (χ0) is 19.9. The van der Waals surface area contributed by atoms with E-state index in [2.05, 4.69) is 25.5 Å². The number of carbonyl (C=O) groups is 1. The number of nitrogens with zero attached hydrogens (tertiary/aromatic N) is 3. The van der Waals surface area contributed by atoms with Crippen molar-refractivity contribution in [2.75, 3.05) is 43.6 Å². The van der Waals surface area contributed by atoms with Crippen molar-refractivity contribution in [2.45, 2.75) is 0 Å². The standard InChI is InChI=1S/C21H24N6O/c1-27(2)12-11-23-21-24-18(15-7-4-3-5-8-15)14-19(26-21)25-20(28)16-9-6-10-17(22)13-16/h3-10,13-14H,11-12,22H2,1-2H3,(H2,23,24,25,26,28). The molecule has 1 aromatic heterocycles. The molecule has 0 aliphatic carbocycles. The van der Waals surface area contributed by atoms with Gasteiger partial charge in [-0.25, -0.2) is 4.98 Å². The molecule has 1 heterocycles. The van der Waals surface area contributed by atoms with Gasteiger partial charge in [0.25, 0.3) is 5.91 Å². The smallest absolute Gasteiger partial charge is 0.256 e. The van der Waals surface area contributed by atoms with Crippen molar-refractivity contribution in [1.29, 1.82) is 0 Å². The van der Waals surface area contributed by atoms with E-state index in [1.165, 1.54) is 0 Å². The summed E-state index contributed by atoms with van der Waals surface area (Å²) in [6, 6.07) is 18.4. The number of anilines is 3. The van der Waals surface area contributed by atoms with Gasteiger partial charge >= 0.3 is 0 Å². The second-order valence-corrected chi connectivity index (χ2v) is 6.64. The number of hydrogen-bond acceptors (Lipinski definition) is 6. The Morgan fingerprint density at radius 2 is 1.82 bits per heavy atom. The second kappa shape index (κ2) is 8.96. The molecule has 0 unspecified atom stereocenters. The summed E-state index contributed by atoms with van der Waals surface area (Å²) in [6.45, 7) is 1.53. The highest BCUT2D eigenvalue weighted by atomic mass is 16.1. The average molecular weight is 376 g/mol. The Kier molecular flexibility index (Phi) is 6.18. The minimum Gasteiger partial charge on any atom is -0.399 e. The van der Waals surface area contributed by atoms with Gasteiger partial charge in [0.15, 0.2) is 0 Å².